The Balaban J connectivity index is 2.06. The van der Waals surface area contributed by atoms with Crippen LogP contribution >= 0.6 is 0 Å². The predicted octanol–water partition coefficient (Wildman–Crippen LogP) is 1.76. The molecule has 0 radical (unpaired) electrons. The Bertz CT molecular complexity index is 333. The van der Waals surface area contributed by atoms with Gasteiger partial charge in [0, 0.05) is 18.4 Å². The van der Waals surface area contributed by atoms with Crippen molar-refractivity contribution < 1.29 is 9.84 Å². The van der Waals surface area contributed by atoms with Gasteiger partial charge in [0.15, 0.2) is 0 Å². The van der Waals surface area contributed by atoms with E-state index in [-0.39, 0.29) is 23.5 Å². The molecule has 0 spiro atoms. The van der Waals surface area contributed by atoms with Crippen molar-refractivity contribution in [2.24, 2.45) is 23.2 Å². The first kappa shape index (κ1) is 9.61. The van der Waals surface area contributed by atoms with Crippen molar-refractivity contribution in [3.05, 3.63) is 24.3 Å². The lowest BCUT2D eigenvalue weighted by Gasteiger charge is -2.36. The van der Waals surface area contributed by atoms with E-state index in [1.54, 1.807) is 7.11 Å². The van der Waals surface area contributed by atoms with Crippen LogP contribution in [0.25, 0.3) is 0 Å². The average molecular weight is 206 g/mol. The quantitative estimate of drug-likeness (QED) is 0.662. The molecule has 0 heterocycles. The van der Waals surface area contributed by atoms with Crippen LogP contribution in [-0.4, -0.2) is 24.4 Å². The summed E-state index contributed by atoms with van der Waals surface area (Å²) in [5.41, 5.74) is -0.0582. The van der Waals surface area contributed by atoms with Gasteiger partial charge in [-0.2, -0.15) is 0 Å². The summed E-state index contributed by atoms with van der Waals surface area (Å²) in [6, 6.07) is 0. The van der Waals surface area contributed by atoms with E-state index in [0.29, 0.717) is 11.8 Å². The van der Waals surface area contributed by atoms with Crippen molar-refractivity contribution in [2.45, 2.75) is 25.6 Å². The van der Waals surface area contributed by atoms with E-state index >= 15 is 0 Å². The summed E-state index contributed by atoms with van der Waals surface area (Å²) in [5, 5.41) is 10.4. The maximum atomic E-state index is 10.4. The highest BCUT2D eigenvalue weighted by Gasteiger charge is 2.59. The third-order valence-corrected chi connectivity index (χ3v) is 4.72. The first-order valence-electron chi connectivity index (χ1n) is 5.75. The minimum atomic E-state index is -0.243. The Kier molecular flexibility index (Phi) is 1.89. The molecule has 2 heteroatoms. The highest BCUT2D eigenvalue weighted by molar-refractivity contribution is 5.28. The van der Waals surface area contributed by atoms with Crippen molar-refractivity contribution in [1.29, 1.82) is 0 Å². The summed E-state index contributed by atoms with van der Waals surface area (Å²) < 4.78 is 5.47. The lowest BCUT2D eigenvalue weighted by molar-refractivity contribution is -0.0231. The third kappa shape index (κ3) is 1.02. The fraction of sp³-hybridized carbons (Fsp3) is 0.692. The fourth-order valence-electron chi connectivity index (χ4n) is 3.88. The van der Waals surface area contributed by atoms with Gasteiger partial charge in [-0.1, -0.05) is 31.2 Å². The predicted molar refractivity (Wildman–Crippen MR) is 58.3 cm³/mol. The second kappa shape index (κ2) is 2.96. The molecule has 0 unspecified atom stereocenters. The molecule has 15 heavy (non-hydrogen) atoms. The van der Waals surface area contributed by atoms with Crippen LogP contribution in [0.1, 0.15) is 13.3 Å². The molecule has 0 amide bonds. The molecule has 0 aromatic heterocycles. The summed E-state index contributed by atoms with van der Waals surface area (Å²) in [5.74, 6) is 1.36. The molecule has 3 rings (SSSR count). The molecule has 0 aliphatic heterocycles. The average Bonchev–Trinajstić information content (AvgIpc) is 2.74. The monoisotopic (exact) mass is 206 g/mol. The molecule has 2 bridgehead atoms. The Morgan fingerprint density at radius 3 is 2.93 bits per heavy atom. The molecular formula is C13H18O2. The first-order valence-corrected chi connectivity index (χ1v) is 5.75. The van der Waals surface area contributed by atoms with E-state index in [9.17, 15) is 5.11 Å². The number of allylic oxidation sites excluding steroid dienone is 2. The molecule has 0 aromatic rings. The molecule has 3 aliphatic carbocycles. The van der Waals surface area contributed by atoms with Crippen LogP contribution in [0.5, 0.6) is 0 Å². The molecule has 3 aliphatic rings. The lowest BCUT2D eigenvalue weighted by Crippen LogP contribution is -2.41. The zero-order valence-electron chi connectivity index (χ0n) is 9.26. The van der Waals surface area contributed by atoms with Crippen LogP contribution in [0.15, 0.2) is 24.3 Å². The molecule has 0 aromatic carbocycles. The molecule has 82 valence electrons. The number of hydrogen-bond donors (Lipinski definition) is 1. The van der Waals surface area contributed by atoms with Gasteiger partial charge in [0.05, 0.1) is 12.2 Å². The molecule has 1 saturated carbocycles. The largest absolute Gasteiger partial charge is 0.392 e. The number of ether oxygens (including phenoxy) is 1. The lowest BCUT2D eigenvalue weighted by atomic mass is 9.75. The second-order valence-corrected chi connectivity index (χ2v) is 5.30. The first-order chi connectivity index (χ1) is 7.18. The maximum Gasteiger partial charge on any atom is 0.0808 e. The molecule has 1 fully saturated rings. The van der Waals surface area contributed by atoms with Gasteiger partial charge in [0.1, 0.15) is 0 Å². The van der Waals surface area contributed by atoms with Crippen molar-refractivity contribution in [1.82, 2.24) is 0 Å². The number of aliphatic hydroxyl groups is 1. The zero-order chi connectivity index (χ0) is 10.6. The van der Waals surface area contributed by atoms with Crippen LogP contribution in [0, 0.1) is 23.2 Å². The van der Waals surface area contributed by atoms with Gasteiger partial charge in [-0.05, 0) is 18.3 Å². The SMILES string of the molecule is CO[C@H]1C=C[C@@]2(C)[C@H](O)[C@@H]1[C@H]1CC=C[C@H]12. The van der Waals surface area contributed by atoms with Crippen LogP contribution in [0.4, 0.5) is 0 Å². The van der Waals surface area contributed by atoms with Gasteiger partial charge in [0.2, 0.25) is 0 Å². The van der Waals surface area contributed by atoms with Gasteiger partial charge >= 0.3 is 0 Å². The fourth-order valence-corrected chi connectivity index (χ4v) is 3.88. The summed E-state index contributed by atoms with van der Waals surface area (Å²) in [4.78, 5) is 0. The van der Waals surface area contributed by atoms with E-state index in [4.69, 9.17) is 4.74 Å². The normalized spacial score (nSPS) is 56.1. The number of hydrogen-bond acceptors (Lipinski definition) is 2. The molecular weight excluding hydrogens is 188 g/mol. The van der Waals surface area contributed by atoms with Gasteiger partial charge < -0.3 is 9.84 Å². The molecule has 0 saturated heterocycles. The standard InChI is InChI=1S/C13H18O2/c1-13-7-6-10(15-2)11(12(13)14)8-4-3-5-9(8)13/h3,5-12,14H,4H2,1-2H3/t8-,9+,10-,11+,12+,13+/m0/s1. The Labute approximate surface area is 90.6 Å². The highest BCUT2D eigenvalue weighted by atomic mass is 16.5. The van der Waals surface area contributed by atoms with Crippen LogP contribution in [0.3, 0.4) is 0 Å². The molecule has 6 atom stereocenters. The summed E-state index contributed by atoms with van der Waals surface area (Å²) in [6.07, 6.45) is 9.82. The highest BCUT2D eigenvalue weighted by Crippen LogP contribution is 2.59. The van der Waals surface area contributed by atoms with Gasteiger partial charge in [-0.3, -0.25) is 0 Å². The summed E-state index contributed by atoms with van der Waals surface area (Å²) in [7, 11) is 1.74. The summed E-state index contributed by atoms with van der Waals surface area (Å²) >= 11 is 0. The van der Waals surface area contributed by atoms with E-state index in [1.807, 2.05) is 0 Å². The maximum absolute atomic E-state index is 10.4. The van der Waals surface area contributed by atoms with Crippen molar-refractivity contribution in [3.63, 3.8) is 0 Å². The van der Waals surface area contributed by atoms with Gasteiger partial charge in [-0.25, -0.2) is 0 Å². The van der Waals surface area contributed by atoms with Gasteiger partial charge in [0.25, 0.3) is 0 Å². The van der Waals surface area contributed by atoms with Crippen molar-refractivity contribution in [2.75, 3.05) is 7.11 Å². The number of rotatable bonds is 1. The summed E-state index contributed by atoms with van der Waals surface area (Å²) in [6.45, 7) is 2.17. The number of methoxy groups -OCH3 is 1. The third-order valence-electron chi connectivity index (χ3n) is 4.72. The van der Waals surface area contributed by atoms with Crippen LogP contribution < -0.4 is 0 Å². The zero-order valence-corrected chi connectivity index (χ0v) is 9.26. The van der Waals surface area contributed by atoms with Crippen LogP contribution in [-0.2, 0) is 4.74 Å². The van der Waals surface area contributed by atoms with E-state index < -0.39 is 0 Å². The van der Waals surface area contributed by atoms with E-state index in [1.165, 1.54) is 0 Å². The van der Waals surface area contributed by atoms with Gasteiger partial charge in [-0.15, -0.1) is 0 Å². The van der Waals surface area contributed by atoms with Crippen LogP contribution in [0.2, 0.25) is 0 Å². The molecule has 1 N–H and O–H groups in total. The number of aliphatic hydroxyl groups excluding tert-OH is 1. The van der Waals surface area contributed by atoms with E-state index in [0.717, 1.165) is 6.42 Å². The Hall–Kier alpha value is -0.600. The second-order valence-electron chi connectivity index (χ2n) is 5.30. The minimum Gasteiger partial charge on any atom is -0.392 e. The smallest absolute Gasteiger partial charge is 0.0808 e. The topological polar surface area (TPSA) is 29.5 Å². The Morgan fingerprint density at radius 1 is 1.40 bits per heavy atom. The van der Waals surface area contributed by atoms with Crippen molar-refractivity contribution in [3.8, 4) is 0 Å². The molecule has 2 nitrogen and oxygen atoms in total. The minimum absolute atomic E-state index is 0.0582. The number of fused-ring (bicyclic) bond motifs is 5. The Morgan fingerprint density at radius 2 is 2.20 bits per heavy atom. The van der Waals surface area contributed by atoms with Crippen molar-refractivity contribution >= 4 is 0 Å². The van der Waals surface area contributed by atoms with E-state index in [2.05, 4.69) is 31.2 Å².